The monoisotopic (exact) mass is 268 g/mol. The van der Waals surface area contributed by atoms with Crippen molar-refractivity contribution in [3.63, 3.8) is 0 Å². The van der Waals surface area contributed by atoms with Crippen molar-refractivity contribution < 1.29 is 17.9 Å². The smallest absolute Gasteiger partial charge is 0.150 e. The fourth-order valence-corrected chi connectivity index (χ4v) is 2.17. The molecule has 1 atom stereocenters. The van der Waals surface area contributed by atoms with Gasteiger partial charge in [0.15, 0.2) is 0 Å². The Hall–Kier alpha value is -0.210. The number of methoxy groups -OCH3 is 1. The maximum atomic E-state index is 11.3. The molecule has 0 rings (SSSR count). The lowest BCUT2D eigenvalue weighted by atomic mass is 10.2. The quantitative estimate of drug-likeness (QED) is 0.304. The number of hydrazine groups is 1. The molecule has 0 aromatic carbocycles. The molecule has 104 valence electrons. The molecule has 0 saturated heterocycles. The molecule has 17 heavy (non-hydrogen) atoms. The molecule has 7 heteroatoms. The molecule has 0 aliphatic carbocycles. The summed E-state index contributed by atoms with van der Waals surface area (Å²) in [6.45, 7) is 3.18. The van der Waals surface area contributed by atoms with Crippen LogP contribution < -0.4 is 11.3 Å². The molecule has 0 heterocycles. The van der Waals surface area contributed by atoms with Crippen LogP contribution >= 0.6 is 0 Å². The molecule has 0 saturated carbocycles. The van der Waals surface area contributed by atoms with Crippen LogP contribution in [0.3, 0.4) is 0 Å². The average Bonchev–Trinajstić information content (AvgIpc) is 2.32. The molecule has 0 fully saturated rings. The lowest BCUT2D eigenvalue weighted by molar-refractivity contribution is 0.0574. The van der Waals surface area contributed by atoms with Gasteiger partial charge in [-0.3, -0.25) is 11.3 Å². The minimum atomic E-state index is -2.88. The van der Waals surface area contributed by atoms with Crippen LogP contribution in [0.4, 0.5) is 0 Å². The van der Waals surface area contributed by atoms with Crippen LogP contribution in [0.1, 0.15) is 19.8 Å². The molecule has 0 aliphatic rings. The standard InChI is InChI=1S/C10H24N2O4S/c1-3-17(13,14)8-4-5-10(12-11)9-16-7-6-15-2/h10,12H,3-9,11H2,1-2H3. The number of nitrogens with one attached hydrogen (secondary N) is 1. The highest BCUT2D eigenvalue weighted by atomic mass is 32.2. The Labute approximate surface area is 104 Å². The predicted octanol–water partition coefficient (Wildman–Crippen LogP) is -0.304. The minimum absolute atomic E-state index is 0.0149. The third-order valence-corrected chi connectivity index (χ3v) is 4.22. The Morgan fingerprint density at radius 3 is 2.59 bits per heavy atom. The fraction of sp³-hybridized carbons (Fsp3) is 1.00. The topological polar surface area (TPSA) is 90.7 Å². The van der Waals surface area contributed by atoms with Crippen molar-refractivity contribution >= 4 is 9.84 Å². The largest absolute Gasteiger partial charge is 0.382 e. The molecule has 0 amide bonds. The second kappa shape index (κ2) is 9.78. The van der Waals surface area contributed by atoms with E-state index in [1.165, 1.54) is 0 Å². The van der Waals surface area contributed by atoms with Gasteiger partial charge in [-0.05, 0) is 12.8 Å². The molecule has 0 spiro atoms. The van der Waals surface area contributed by atoms with E-state index in [1.54, 1.807) is 14.0 Å². The number of hydrogen-bond acceptors (Lipinski definition) is 6. The Kier molecular flexibility index (Phi) is 9.66. The van der Waals surface area contributed by atoms with Gasteiger partial charge in [0.05, 0.1) is 25.6 Å². The molecule has 0 aromatic heterocycles. The van der Waals surface area contributed by atoms with Gasteiger partial charge < -0.3 is 9.47 Å². The summed E-state index contributed by atoms with van der Waals surface area (Å²) in [5, 5.41) is 0. The molecular formula is C10H24N2O4S. The Bertz CT molecular complexity index is 269. The molecular weight excluding hydrogens is 244 g/mol. The van der Waals surface area contributed by atoms with E-state index < -0.39 is 9.84 Å². The van der Waals surface area contributed by atoms with Crippen molar-refractivity contribution in [2.75, 3.05) is 38.4 Å². The van der Waals surface area contributed by atoms with Gasteiger partial charge in [-0.2, -0.15) is 0 Å². The molecule has 0 bridgehead atoms. The predicted molar refractivity (Wildman–Crippen MR) is 67.4 cm³/mol. The van der Waals surface area contributed by atoms with Crippen LogP contribution in [0.15, 0.2) is 0 Å². The van der Waals surface area contributed by atoms with E-state index in [4.69, 9.17) is 15.3 Å². The van der Waals surface area contributed by atoms with Gasteiger partial charge in [0.2, 0.25) is 0 Å². The van der Waals surface area contributed by atoms with Crippen molar-refractivity contribution in [3.8, 4) is 0 Å². The summed E-state index contributed by atoms with van der Waals surface area (Å²) >= 11 is 0. The van der Waals surface area contributed by atoms with Crippen LogP contribution in [0, 0.1) is 0 Å². The summed E-state index contributed by atoms with van der Waals surface area (Å²) in [7, 11) is -1.27. The van der Waals surface area contributed by atoms with Crippen LogP contribution in [0.2, 0.25) is 0 Å². The number of sulfone groups is 1. The zero-order chi connectivity index (χ0) is 13.1. The highest BCUT2D eigenvalue weighted by Gasteiger charge is 2.11. The molecule has 1 unspecified atom stereocenters. The maximum absolute atomic E-state index is 11.3. The van der Waals surface area contributed by atoms with Crippen molar-refractivity contribution in [2.45, 2.75) is 25.8 Å². The van der Waals surface area contributed by atoms with Crippen molar-refractivity contribution in [1.82, 2.24) is 5.43 Å². The summed E-state index contributed by atoms with van der Waals surface area (Å²) in [5.74, 6) is 5.76. The molecule has 6 nitrogen and oxygen atoms in total. The number of hydrogen-bond donors (Lipinski definition) is 2. The van der Waals surface area contributed by atoms with Crippen LogP contribution in [0.25, 0.3) is 0 Å². The first-order chi connectivity index (χ1) is 8.05. The highest BCUT2D eigenvalue weighted by Crippen LogP contribution is 2.01. The highest BCUT2D eigenvalue weighted by molar-refractivity contribution is 7.91. The van der Waals surface area contributed by atoms with E-state index in [0.717, 1.165) is 0 Å². The van der Waals surface area contributed by atoms with E-state index >= 15 is 0 Å². The van der Waals surface area contributed by atoms with Crippen LogP contribution in [-0.4, -0.2) is 52.9 Å². The van der Waals surface area contributed by atoms with Gasteiger partial charge in [0.1, 0.15) is 9.84 Å². The molecule has 3 N–H and O–H groups in total. The first-order valence-corrected chi connectivity index (χ1v) is 7.61. The lowest BCUT2D eigenvalue weighted by Crippen LogP contribution is -2.39. The summed E-state index contributed by atoms with van der Waals surface area (Å²) in [5.41, 5.74) is 2.62. The zero-order valence-electron chi connectivity index (χ0n) is 10.6. The van der Waals surface area contributed by atoms with E-state index in [-0.39, 0.29) is 17.5 Å². The normalized spacial score (nSPS) is 13.8. The van der Waals surface area contributed by atoms with Gasteiger partial charge >= 0.3 is 0 Å². The molecule has 0 aliphatic heterocycles. The minimum Gasteiger partial charge on any atom is -0.382 e. The zero-order valence-corrected chi connectivity index (χ0v) is 11.5. The van der Waals surface area contributed by atoms with Crippen LogP contribution in [0.5, 0.6) is 0 Å². The van der Waals surface area contributed by atoms with E-state index in [9.17, 15) is 8.42 Å². The summed E-state index contributed by atoms with van der Waals surface area (Å²) in [4.78, 5) is 0. The summed E-state index contributed by atoms with van der Waals surface area (Å²) < 4.78 is 32.7. The summed E-state index contributed by atoms with van der Waals surface area (Å²) in [6.07, 6.45) is 1.28. The van der Waals surface area contributed by atoms with E-state index in [1.807, 2.05) is 0 Å². The van der Waals surface area contributed by atoms with E-state index in [2.05, 4.69) is 5.43 Å². The third-order valence-electron chi connectivity index (χ3n) is 2.43. The van der Waals surface area contributed by atoms with Crippen molar-refractivity contribution in [1.29, 1.82) is 0 Å². The number of nitrogens with two attached hydrogens (primary N) is 1. The molecule has 0 aromatic rings. The van der Waals surface area contributed by atoms with Crippen molar-refractivity contribution in [2.24, 2.45) is 5.84 Å². The van der Waals surface area contributed by atoms with Gasteiger partial charge in [-0.15, -0.1) is 0 Å². The first-order valence-electron chi connectivity index (χ1n) is 5.79. The fourth-order valence-electron chi connectivity index (χ4n) is 1.28. The molecule has 0 radical (unpaired) electrons. The maximum Gasteiger partial charge on any atom is 0.150 e. The first kappa shape index (κ1) is 16.8. The summed E-state index contributed by atoms with van der Waals surface area (Å²) in [6, 6.07) is -0.0149. The SMILES string of the molecule is CCS(=O)(=O)CCCC(COCCOC)NN. The second-order valence-electron chi connectivity index (χ2n) is 3.81. The average molecular weight is 268 g/mol. The second-order valence-corrected chi connectivity index (χ2v) is 6.28. The Morgan fingerprint density at radius 1 is 1.35 bits per heavy atom. The van der Waals surface area contributed by atoms with Gasteiger partial charge in [-0.25, -0.2) is 8.42 Å². The third kappa shape index (κ3) is 9.49. The van der Waals surface area contributed by atoms with Gasteiger partial charge in [-0.1, -0.05) is 6.92 Å². The Morgan fingerprint density at radius 2 is 2.06 bits per heavy atom. The van der Waals surface area contributed by atoms with Gasteiger partial charge in [0.25, 0.3) is 0 Å². The van der Waals surface area contributed by atoms with E-state index in [0.29, 0.717) is 32.7 Å². The van der Waals surface area contributed by atoms with Crippen LogP contribution in [-0.2, 0) is 19.3 Å². The number of rotatable bonds is 11. The number of ether oxygens (including phenoxy) is 2. The Balaban J connectivity index is 3.68. The van der Waals surface area contributed by atoms with Crippen molar-refractivity contribution in [3.05, 3.63) is 0 Å². The van der Waals surface area contributed by atoms with Gasteiger partial charge in [0, 0.05) is 18.9 Å². The lowest BCUT2D eigenvalue weighted by Gasteiger charge is -2.15.